The van der Waals surface area contributed by atoms with Gasteiger partial charge in [-0.1, -0.05) is 60.2 Å². The predicted octanol–water partition coefficient (Wildman–Crippen LogP) is 3.48. The van der Waals surface area contributed by atoms with E-state index in [1.807, 2.05) is 55.5 Å². The molecule has 0 heterocycles. The maximum Gasteiger partial charge on any atom is 0.181 e. The summed E-state index contributed by atoms with van der Waals surface area (Å²) in [6.45, 7) is 1.94. The molecule has 0 radical (unpaired) electrons. The van der Waals surface area contributed by atoms with Crippen molar-refractivity contribution in [3.63, 3.8) is 0 Å². The molecule has 2 nitrogen and oxygen atoms in total. The lowest BCUT2D eigenvalue weighted by atomic mass is 10.2. The second kappa shape index (κ2) is 5.85. The van der Waals surface area contributed by atoms with Crippen molar-refractivity contribution in [3.05, 3.63) is 71.8 Å². The van der Waals surface area contributed by atoms with Gasteiger partial charge in [0.25, 0.3) is 0 Å². The molecule has 0 fully saturated rings. The van der Waals surface area contributed by atoms with E-state index in [1.54, 1.807) is 18.2 Å². The average molecular weight is 272 g/mol. The topological polar surface area (TPSA) is 34.1 Å². The van der Waals surface area contributed by atoms with Crippen LogP contribution in [0.2, 0.25) is 0 Å². The van der Waals surface area contributed by atoms with Crippen molar-refractivity contribution >= 4 is 15.9 Å². The molecule has 0 bridgehead atoms. The molecule has 0 aliphatic rings. The fourth-order valence-corrected chi connectivity index (χ4v) is 2.81. The highest BCUT2D eigenvalue weighted by Crippen LogP contribution is 2.13. The lowest BCUT2D eigenvalue weighted by molar-refractivity contribution is 0.599. The van der Waals surface area contributed by atoms with Crippen LogP contribution < -0.4 is 0 Å². The van der Waals surface area contributed by atoms with Crippen molar-refractivity contribution in [3.8, 4) is 0 Å². The molecule has 0 aliphatic carbocycles. The molecule has 0 amide bonds. The van der Waals surface area contributed by atoms with Crippen LogP contribution in [0, 0.1) is 6.92 Å². The molecule has 3 heteroatoms. The fraction of sp³-hybridized carbons (Fsp3) is 0.125. The summed E-state index contributed by atoms with van der Waals surface area (Å²) in [5, 5.41) is 0. The van der Waals surface area contributed by atoms with Gasteiger partial charge in [0.15, 0.2) is 9.84 Å². The first-order valence-electron chi connectivity index (χ1n) is 6.09. The molecular formula is C16H16O2S. The third-order valence-corrected chi connectivity index (χ3v) is 4.43. The molecule has 0 aliphatic heterocycles. The van der Waals surface area contributed by atoms with Crippen molar-refractivity contribution < 1.29 is 8.42 Å². The highest BCUT2D eigenvalue weighted by Gasteiger charge is 2.11. The molecule has 0 atom stereocenters. The molecule has 19 heavy (non-hydrogen) atoms. The van der Waals surface area contributed by atoms with Gasteiger partial charge < -0.3 is 0 Å². The summed E-state index contributed by atoms with van der Waals surface area (Å²) in [5.74, 6) is 0.0188. The second-order valence-corrected chi connectivity index (χ2v) is 6.44. The molecule has 98 valence electrons. The fourth-order valence-electron chi connectivity index (χ4n) is 1.72. The number of aryl methyl sites for hydroxylation is 1. The van der Waals surface area contributed by atoms with E-state index >= 15 is 0 Å². The molecule has 2 rings (SSSR count). The summed E-state index contributed by atoms with van der Waals surface area (Å²) in [6.07, 6.45) is 3.51. The molecule has 2 aromatic rings. The first-order valence-corrected chi connectivity index (χ1v) is 7.74. The van der Waals surface area contributed by atoms with Crippen LogP contribution in [-0.2, 0) is 9.84 Å². The summed E-state index contributed by atoms with van der Waals surface area (Å²) in [6, 6.07) is 16.6. The molecule has 0 aromatic heterocycles. The van der Waals surface area contributed by atoms with Crippen molar-refractivity contribution in [2.75, 3.05) is 5.75 Å². The van der Waals surface area contributed by atoms with Crippen molar-refractivity contribution in [2.45, 2.75) is 11.8 Å². The van der Waals surface area contributed by atoms with Gasteiger partial charge in [-0.2, -0.15) is 0 Å². The van der Waals surface area contributed by atoms with Gasteiger partial charge in [0.2, 0.25) is 0 Å². The maximum atomic E-state index is 12.1. The quantitative estimate of drug-likeness (QED) is 0.854. The van der Waals surface area contributed by atoms with Crippen LogP contribution in [0.15, 0.2) is 65.6 Å². The monoisotopic (exact) mass is 272 g/mol. The Hall–Kier alpha value is -1.87. The largest absolute Gasteiger partial charge is 0.223 e. The van der Waals surface area contributed by atoms with E-state index in [4.69, 9.17) is 0 Å². The Bertz CT molecular complexity index is 654. The number of rotatable bonds is 4. The Morgan fingerprint density at radius 2 is 1.58 bits per heavy atom. The highest BCUT2D eigenvalue weighted by atomic mass is 32.2. The number of hydrogen-bond acceptors (Lipinski definition) is 2. The van der Waals surface area contributed by atoms with E-state index in [0.29, 0.717) is 4.90 Å². The minimum absolute atomic E-state index is 0.0188. The van der Waals surface area contributed by atoms with Crippen LogP contribution >= 0.6 is 0 Å². The maximum absolute atomic E-state index is 12.1. The number of benzene rings is 2. The van der Waals surface area contributed by atoms with Crippen LogP contribution in [0.4, 0.5) is 0 Å². The smallest absolute Gasteiger partial charge is 0.181 e. The van der Waals surface area contributed by atoms with Gasteiger partial charge in [-0.25, -0.2) is 8.42 Å². The van der Waals surface area contributed by atoms with Gasteiger partial charge in [-0.3, -0.25) is 0 Å². The van der Waals surface area contributed by atoms with E-state index in [2.05, 4.69) is 0 Å². The normalized spacial score (nSPS) is 11.8. The summed E-state index contributed by atoms with van der Waals surface area (Å²) in [7, 11) is -3.23. The predicted molar refractivity (Wildman–Crippen MR) is 78.7 cm³/mol. The average Bonchev–Trinajstić information content (AvgIpc) is 2.40. The van der Waals surface area contributed by atoms with E-state index in [0.717, 1.165) is 11.1 Å². The molecule has 0 saturated carbocycles. The van der Waals surface area contributed by atoms with Crippen molar-refractivity contribution in [1.29, 1.82) is 0 Å². The third-order valence-electron chi connectivity index (χ3n) is 2.81. The van der Waals surface area contributed by atoms with Gasteiger partial charge in [0, 0.05) is 0 Å². The highest BCUT2D eigenvalue weighted by molar-refractivity contribution is 7.91. The summed E-state index contributed by atoms with van der Waals surface area (Å²) in [5.41, 5.74) is 2.06. The molecular weight excluding hydrogens is 256 g/mol. The number of sulfone groups is 1. The lowest BCUT2D eigenvalue weighted by Gasteiger charge is -2.01. The van der Waals surface area contributed by atoms with Gasteiger partial charge in [-0.15, -0.1) is 0 Å². The molecule has 0 N–H and O–H groups in total. The Kier molecular flexibility index (Phi) is 4.17. The standard InChI is InChI=1S/C16H16O2S/c1-14-9-11-16(12-10-14)19(17,18)13-5-8-15-6-3-2-4-7-15/h2-12H,13H2,1H3. The minimum Gasteiger partial charge on any atom is -0.223 e. The SMILES string of the molecule is Cc1ccc(S(=O)(=O)CC=Cc2ccccc2)cc1. The van der Waals surface area contributed by atoms with Gasteiger partial charge >= 0.3 is 0 Å². The third kappa shape index (κ3) is 3.80. The zero-order valence-electron chi connectivity index (χ0n) is 10.8. The van der Waals surface area contributed by atoms with Crippen LogP contribution in [-0.4, -0.2) is 14.2 Å². The Morgan fingerprint density at radius 3 is 2.21 bits per heavy atom. The Balaban J connectivity index is 2.10. The van der Waals surface area contributed by atoms with E-state index in [1.165, 1.54) is 0 Å². The summed E-state index contributed by atoms with van der Waals surface area (Å²) >= 11 is 0. The van der Waals surface area contributed by atoms with Gasteiger partial charge in [0.05, 0.1) is 10.6 Å². The summed E-state index contributed by atoms with van der Waals surface area (Å²) < 4.78 is 24.2. The Morgan fingerprint density at radius 1 is 0.947 bits per heavy atom. The van der Waals surface area contributed by atoms with E-state index < -0.39 is 9.84 Å². The first kappa shape index (κ1) is 13.6. The summed E-state index contributed by atoms with van der Waals surface area (Å²) in [4.78, 5) is 0.371. The van der Waals surface area contributed by atoms with Crippen LogP contribution in [0.1, 0.15) is 11.1 Å². The van der Waals surface area contributed by atoms with Gasteiger partial charge in [-0.05, 0) is 24.6 Å². The zero-order valence-corrected chi connectivity index (χ0v) is 11.6. The Labute approximate surface area is 114 Å². The minimum atomic E-state index is -3.23. The van der Waals surface area contributed by atoms with E-state index in [9.17, 15) is 8.42 Å². The number of hydrogen-bond donors (Lipinski definition) is 0. The second-order valence-electron chi connectivity index (χ2n) is 4.41. The molecule has 0 spiro atoms. The first-order chi connectivity index (χ1) is 9.08. The lowest BCUT2D eigenvalue weighted by Crippen LogP contribution is -2.04. The van der Waals surface area contributed by atoms with Crippen LogP contribution in [0.5, 0.6) is 0 Å². The van der Waals surface area contributed by atoms with Crippen molar-refractivity contribution in [2.24, 2.45) is 0 Å². The van der Waals surface area contributed by atoms with E-state index in [-0.39, 0.29) is 5.75 Å². The zero-order chi connectivity index (χ0) is 13.7. The molecule has 0 unspecified atom stereocenters. The van der Waals surface area contributed by atoms with Gasteiger partial charge in [0.1, 0.15) is 0 Å². The van der Waals surface area contributed by atoms with Crippen LogP contribution in [0.25, 0.3) is 6.08 Å². The van der Waals surface area contributed by atoms with Crippen LogP contribution in [0.3, 0.4) is 0 Å². The molecule has 2 aromatic carbocycles. The van der Waals surface area contributed by atoms with Crippen molar-refractivity contribution in [1.82, 2.24) is 0 Å². The molecule has 0 saturated heterocycles.